The van der Waals surface area contributed by atoms with Crippen LogP contribution in [0.1, 0.15) is 24.0 Å². The maximum absolute atomic E-state index is 4.31. The summed E-state index contributed by atoms with van der Waals surface area (Å²) >= 11 is 0. The molecule has 4 rings (SSSR count). The molecule has 3 aromatic rings. The zero-order chi connectivity index (χ0) is 17.8. The molecule has 134 valence electrons. The van der Waals surface area contributed by atoms with Crippen molar-refractivity contribution in [1.82, 2.24) is 19.8 Å². The van der Waals surface area contributed by atoms with Crippen molar-refractivity contribution >= 4 is 10.8 Å². The van der Waals surface area contributed by atoms with Crippen LogP contribution in [-0.2, 0) is 13.1 Å². The number of hydrogen-bond acceptors (Lipinski definition) is 4. The number of pyridine rings is 2. The molecule has 3 heterocycles. The summed E-state index contributed by atoms with van der Waals surface area (Å²) in [6.45, 7) is 4.26. The summed E-state index contributed by atoms with van der Waals surface area (Å²) in [5.74, 6) is 0. The van der Waals surface area contributed by atoms with E-state index in [0.29, 0.717) is 6.04 Å². The van der Waals surface area contributed by atoms with Gasteiger partial charge in [0.25, 0.3) is 0 Å². The van der Waals surface area contributed by atoms with Gasteiger partial charge in [0.05, 0.1) is 0 Å². The average molecular weight is 346 g/mol. The zero-order valence-electron chi connectivity index (χ0n) is 15.4. The molecule has 0 spiro atoms. The molecule has 0 saturated carbocycles. The van der Waals surface area contributed by atoms with Gasteiger partial charge in [0.15, 0.2) is 0 Å². The first kappa shape index (κ1) is 17.1. The van der Waals surface area contributed by atoms with Gasteiger partial charge in [-0.05, 0) is 61.6 Å². The van der Waals surface area contributed by atoms with E-state index in [0.717, 1.165) is 13.1 Å². The summed E-state index contributed by atoms with van der Waals surface area (Å²) in [6, 6.07) is 13.5. The molecule has 1 saturated heterocycles. The van der Waals surface area contributed by atoms with Crippen LogP contribution in [0.4, 0.5) is 0 Å². The Morgan fingerprint density at radius 3 is 2.62 bits per heavy atom. The van der Waals surface area contributed by atoms with Gasteiger partial charge < -0.3 is 4.90 Å². The Labute approximate surface area is 155 Å². The van der Waals surface area contributed by atoms with Crippen molar-refractivity contribution in [2.24, 2.45) is 0 Å². The average Bonchev–Trinajstić information content (AvgIpc) is 2.69. The predicted molar refractivity (Wildman–Crippen MR) is 106 cm³/mol. The topological polar surface area (TPSA) is 32.3 Å². The quantitative estimate of drug-likeness (QED) is 0.705. The summed E-state index contributed by atoms with van der Waals surface area (Å²) in [5, 5.41) is 2.53. The lowest BCUT2D eigenvalue weighted by Crippen LogP contribution is -2.43. The van der Waals surface area contributed by atoms with Gasteiger partial charge >= 0.3 is 0 Å². The van der Waals surface area contributed by atoms with Crippen LogP contribution in [0.25, 0.3) is 10.8 Å². The highest BCUT2D eigenvalue weighted by Gasteiger charge is 2.24. The summed E-state index contributed by atoms with van der Waals surface area (Å²) in [6.07, 6.45) is 10.1. The molecular formula is C22H26N4. The van der Waals surface area contributed by atoms with Crippen molar-refractivity contribution in [3.63, 3.8) is 0 Å². The second-order valence-electron chi connectivity index (χ2n) is 7.31. The summed E-state index contributed by atoms with van der Waals surface area (Å²) in [7, 11) is 2.22. The third-order valence-electron chi connectivity index (χ3n) is 5.46. The molecule has 0 N–H and O–H groups in total. The van der Waals surface area contributed by atoms with Crippen molar-refractivity contribution in [2.45, 2.75) is 32.0 Å². The summed E-state index contributed by atoms with van der Waals surface area (Å²) in [4.78, 5) is 13.7. The highest BCUT2D eigenvalue weighted by Crippen LogP contribution is 2.24. The zero-order valence-corrected chi connectivity index (χ0v) is 15.4. The standard InChI is InChI=1S/C22H26N4/c1-25-12-8-21(9-13-25)26(16-18-4-3-10-23-14-18)17-20-6-2-5-19-15-24-11-7-22(19)20/h2-7,10-11,14-15,21H,8-9,12-13,16-17H2,1H3. The number of piperidine rings is 1. The molecule has 0 amide bonds. The van der Waals surface area contributed by atoms with Gasteiger partial charge in [0, 0.05) is 49.3 Å². The second-order valence-corrected chi connectivity index (χ2v) is 7.31. The van der Waals surface area contributed by atoms with Crippen molar-refractivity contribution in [3.8, 4) is 0 Å². The smallest absolute Gasteiger partial charge is 0.0346 e. The Morgan fingerprint density at radius 2 is 1.81 bits per heavy atom. The van der Waals surface area contributed by atoms with E-state index in [1.54, 1.807) is 0 Å². The van der Waals surface area contributed by atoms with Gasteiger partial charge in [-0.15, -0.1) is 0 Å². The Morgan fingerprint density at radius 1 is 0.962 bits per heavy atom. The highest BCUT2D eigenvalue weighted by molar-refractivity contribution is 5.84. The molecule has 0 bridgehead atoms. The first-order chi connectivity index (χ1) is 12.8. The van der Waals surface area contributed by atoms with Crippen LogP contribution < -0.4 is 0 Å². The lowest BCUT2D eigenvalue weighted by Gasteiger charge is -2.37. The van der Waals surface area contributed by atoms with Crippen molar-refractivity contribution in [2.75, 3.05) is 20.1 Å². The molecule has 0 aliphatic carbocycles. The molecule has 2 aromatic heterocycles. The number of fused-ring (bicyclic) bond motifs is 1. The molecule has 0 unspecified atom stereocenters. The third kappa shape index (κ3) is 3.92. The first-order valence-corrected chi connectivity index (χ1v) is 9.43. The molecule has 4 nitrogen and oxygen atoms in total. The minimum Gasteiger partial charge on any atom is -0.306 e. The van der Waals surface area contributed by atoms with Crippen LogP contribution in [0.15, 0.2) is 61.2 Å². The van der Waals surface area contributed by atoms with Crippen LogP contribution in [0.5, 0.6) is 0 Å². The van der Waals surface area contributed by atoms with Crippen molar-refractivity contribution < 1.29 is 0 Å². The maximum atomic E-state index is 4.31. The number of hydrogen-bond donors (Lipinski definition) is 0. The third-order valence-corrected chi connectivity index (χ3v) is 5.46. The molecule has 0 atom stereocenters. The van der Waals surface area contributed by atoms with E-state index in [9.17, 15) is 0 Å². The van der Waals surface area contributed by atoms with Crippen LogP contribution >= 0.6 is 0 Å². The Bertz CT molecular complexity index is 836. The second kappa shape index (κ2) is 7.94. The van der Waals surface area contributed by atoms with E-state index in [1.165, 1.54) is 47.8 Å². The van der Waals surface area contributed by atoms with Crippen LogP contribution in [0.2, 0.25) is 0 Å². The van der Waals surface area contributed by atoms with E-state index >= 15 is 0 Å². The number of rotatable bonds is 5. The van der Waals surface area contributed by atoms with Crippen molar-refractivity contribution in [3.05, 3.63) is 72.3 Å². The minimum absolute atomic E-state index is 0.614. The van der Waals surface area contributed by atoms with E-state index < -0.39 is 0 Å². The number of aromatic nitrogens is 2. The van der Waals surface area contributed by atoms with Crippen LogP contribution in [0, 0.1) is 0 Å². The van der Waals surface area contributed by atoms with E-state index in [4.69, 9.17) is 0 Å². The lowest BCUT2D eigenvalue weighted by molar-refractivity contribution is 0.108. The van der Waals surface area contributed by atoms with Crippen LogP contribution in [0.3, 0.4) is 0 Å². The Kier molecular flexibility index (Phi) is 5.23. The largest absolute Gasteiger partial charge is 0.306 e. The SMILES string of the molecule is CN1CCC(N(Cc2cccnc2)Cc2cccc3cnccc23)CC1. The lowest BCUT2D eigenvalue weighted by atomic mass is 10.00. The van der Waals surface area contributed by atoms with Gasteiger partial charge in [0.2, 0.25) is 0 Å². The molecular weight excluding hydrogens is 320 g/mol. The first-order valence-electron chi connectivity index (χ1n) is 9.43. The van der Waals surface area contributed by atoms with E-state index in [2.05, 4.69) is 57.1 Å². The van der Waals surface area contributed by atoms with Gasteiger partial charge in [-0.1, -0.05) is 24.3 Å². The van der Waals surface area contributed by atoms with E-state index in [1.807, 2.05) is 30.9 Å². The number of benzene rings is 1. The monoisotopic (exact) mass is 346 g/mol. The summed E-state index contributed by atoms with van der Waals surface area (Å²) in [5.41, 5.74) is 2.67. The highest BCUT2D eigenvalue weighted by atomic mass is 15.2. The van der Waals surface area contributed by atoms with Crippen molar-refractivity contribution in [1.29, 1.82) is 0 Å². The number of nitrogens with zero attached hydrogens (tertiary/aromatic N) is 4. The number of likely N-dealkylation sites (tertiary alicyclic amines) is 1. The van der Waals surface area contributed by atoms with E-state index in [-0.39, 0.29) is 0 Å². The van der Waals surface area contributed by atoms with Gasteiger partial charge in [-0.2, -0.15) is 0 Å². The fraction of sp³-hybridized carbons (Fsp3) is 0.364. The molecule has 0 radical (unpaired) electrons. The minimum atomic E-state index is 0.614. The molecule has 1 aliphatic rings. The van der Waals surface area contributed by atoms with Gasteiger partial charge in [-0.25, -0.2) is 0 Å². The Balaban J connectivity index is 1.61. The summed E-state index contributed by atoms with van der Waals surface area (Å²) < 4.78 is 0. The molecule has 1 aromatic carbocycles. The fourth-order valence-corrected chi connectivity index (χ4v) is 3.95. The fourth-order valence-electron chi connectivity index (χ4n) is 3.95. The molecule has 4 heteroatoms. The van der Waals surface area contributed by atoms with Gasteiger partial charge in [0.1, 0.15) is 0 Å². The van der Waals surface area contributed by atoms with Crippen LogP contribution in [-0.4, -0.2) is 45.9 Å². The Hall–Kier alpha value is -2.30. The molecule has 26 heavy (non-hydrogen) atoms. The van der Waals surface area contributed by atoms with Gasteiger partial charge in [-0.3, -0.25) is 14.9 Å². The molecule has 1 fully saturated rings. The maximum Gasteiger partial charge on any atom is 0.0346 e. The molecule has 1 aliphatic heterocycles. The predicted octanol–water partition coefficient (Wildman–Crippen LogP) is 3.73. The normalized spacial score (nSPS) is 16.4.